The number of hydrogen-bond acceptors (Lipinski definition) is 3. The van der Waals surface area contributed by atoms with Gasteiger partial charge in [0.2, 0.25) is 0 Å². The lowest BCUT2D eigenvalue weighted by Gasteiger charge is -2.34. The van der Waals surface area contributed by atoms with Crippen LogP contribution in [0.4, 0.5) is 4.39 Å². The third kappa shape index (κ3) is 2.62. The first-order chi connectivity index (χ1) is 13.3. The van der Waals surface area contributed by atoms with Crippen LogP contribution in [0, 0.1) is 5.82 Å². The summed E-state index contributed by atoms with van der Waals surface area (Å²) in [5, 5.41) is 10.6. The van der Waals surface area contributed by atoms with Gasteiger partial charge < -0.3 is 0 Å². The molecular formula is C22H16FN3S. The van der Waals surface area contributed by atoms with Gasteiger partial charge in [0, 0.05) is 34.7 Å². The summed E-state index contributed by atoms with van der Waals surface area (Å²) in [7, 11) is 0. The maximum atomic E-state index is 14.0. The average Bonchev–Trinajstić information content (AvgIpc) is 3.37. The molecule has 0 bridgehead atoms. The summed E-state index contributed by atoms with van der Waals surface area (Å²) in [4.78, 5) is 4.38. The lowest BCUT2D eigenvalue weighted by molar-refractivity contribution is 0.594. The fourth-order valence-corrected chi connectivity index (χ4v) is 4.47. The highest BCUT2D eigenvalue weighted by Gasteiger charge is 2.37. The Morgan fingerprint density at radius 3 is 2.67 bits per heavy atom. The van der Waals surface area contributed by atoms with Crippen molar-refractivity contribution in [3.8, 4) is 10.7 Å². The van der Waals surface area contributed by atoms with Crippen LogP contribution in [0.2, 0.25) is 0 Å². The van der Waals surface area contributed by atoms with Crippen molar-refractivity contribution < 1.29 is 4.39 Å². The second-order valence-electron chi connectivity index (χ2n) is 6.66. The molecule has 5 heteroatoms. The van der Waals surface area contributed by atoms with E-state index in [1.807, 2.05) is 29.6 Å². The molecule has 2 aromatic carbocycles. The van der Waals surface area contributed by atoms with E-state index in [2.05, 4.69) is 39.5 Å². The van der Waals surface area contributed by atoms with Crippen LogP contribution in [0.1, 0.15) is 22.4 Å². The second kappa shape index (κ2) is 6.28. The van der Waals surface area contributed by atoms with Gasteiger partial charge in [-0.05, 0) is 23.3 Å². The summed E-state index contributed by atoms with van der Waals surface area (Å²) < 4.78 is 14.0. The smallest absolute Gasteiger partial charge is 0.144 e. The minimum Gasteiger partial charge on any atom is -0.281 e. The Labute approximate surface area is 160 Å². The van der Waals surface area contributed by atoms with Gasteiger partial charge in [-0.15, -0.1) is 11.3 Å². The summed E-state index contributed by atoms with van der Waals surface area (Å²) in [6.07, 6.45) is 6.74. The molecule has 2 heterocycles. The molecule has 5 rings (SSSR count). The fraction of sp³-hybridized carbons (Fsp3) is 0.0909. The van der Waals surface area contributed by atoms with Gasteiger partial charge in [0.1, 0.15) is 16.5 Å². The van der Waals surface area contributed by atoms with E-state index < -0.39 is 5.41 Å². The van der Waals surface area contributed by atoms with Crippen molar-refractivity contribution in [3.05, 3.63) is 100 Å². The molecule has 3 nitrogen and oxygen atoms in total. The molecule has 0 saturated heterocycles. The number of H-pyrrole nitrogens is 1. The molecule has 0 radical (unpaired) electrons. The standard InChI is InChI=1S/C22H16FN3S/c23-17-8-4-7-16(13-17)22(15-5-2-1-3-6-15)10-9-18-19(14-22)25-26-20(18)21-24-11-12-27-21/h1-13H,14H2,(H,25,26). The fourth-order valence-electron chi connectivity index (χ4n) is 3.83. The summed E-state index contributed by atoms with van der Waals surface area (Å²) >= 11 is 1.57. The van der Waals surface area contributed by atoms with Gasteiger partial charge >= 0.3 is 0 Å². The summed E-state index contributed by atoms with van der Waals surface area (Å²) in [6, 6.07) is 17.1. The second-order valence-corrected chi connectivity index (χ2v) is 7.55. The highest BCUT2D eigenvalue weighted by Crippen LogP contribution is 2.43. The quantitative estimate of drug-likeness (QED) is 0.534. The van der Waals surface area contributed by atoms with Crippen LogP contribution in [0.5, 0.6) is 0 Å². The SMILES string of the molecule is Fc1cccc(C2(c3ccccc3)C=Cc3c(-c4nccs4)n[nH]c3C2)c1. The molecule has 0 spiro atoms. The Kier molecular flexibility index (Phi) is 3.76. The number of hydrogen-bond donors (Lipinski definition) is 1. The molecule has 1 atom stereocenters. The van der Waals surface area contributed by atoms with E-state index in [1.54, 1.807) is 29.7 Å². The van der Waals surface area contributed by atoms with Crippen molar-refractivity contribution in [3.63, 3.8) is 0 Å². The highest BCUT2D eigenvalue weighted by molar-refractivity contribution is 7.13. The van der Waals surface area contributed by atoms with Gasteiger partial charge in [-0.2, -0.15) is 5.10 Å². The number of rotatable bonds is 3. The molecule has 2 aromatic heterocycles. The third-order valence-electron chi connectivity index (χ3n) is 5.14. The van der Waals surface area contributed by atoms with Crippen LogP contribution < -0.4 is 0 Å². The van der Waals surface area contributed by atoms with Gasteiger partial charge in [-0.1, -0.05) is 54.6 Å². The molecule has 1 N–H and O–H groups in total. The van der Waals surface area contributed by atoms with Crippen molar-refractivity contribution in [2.75, 3.05) is 0 Å². The predicted molar refractivity (Wildman–Crippen MR) is 106 cm³/mol. The molecule has 1 unspecified atom stereocenters. The summed E-state index contributed by atoms with van der Waals surface area (Å²) in [5.41, 5.74) is 4.59. The van der Waals surface area contributed by atoms with Gasteiger partial charge in [0.15, 0.2) is 0 Å². The molecule has 0 fully saturated rings. The molecule has 0 aliphatic heterocycles. The molecule has 1 aliphatic rings. The Hall–Kier alpha value is -3.05. The molecule has 27 heavy (non-hydrogen) atoms. The molecule has 4 aromatic rings. The Bertz CT molecular complexity index is 1120. The number of nitrogens with one attached hydrogen (secondary N) is 1. The third-order valence-corrected chi connectivity index (χ3v) is 5.92. The van der Waals surface area contributed by atoms with Crippen LogP contribution in [-0.4, -0.2) is 15.2 Å². The van der Waals surface area contributed by atoms with Crippen LogP contribution in [-0.2, 0) is 11.8 Å². The van der Waals surface area contributed by atoms with Crippen molar-refractivity contribution in [1.82, 2.24) is 15.2 Å². The summed E-state index contributed by atoms with van der Waals surface area (Å²) in [6.45, 7) is 0. The van der Waals surface area contributed by atoms with E-state index in [9.17, 15) is 4.39 Å². The van der Waals surface area contributed by atoms with E-state index in [0.717, 1.165) is 33.1 Å². The van der Waals surface area contributed by atoms with Crippen molar-refractivity contribution in [2.24, 2.45) is 0 Å². The minimum absolute atomic E-state index is 0.227. The Balaban J connectivity index is 1.68. The highest BCUT2D eigenvalue weighted by atomic mass is 32.1. The number of aromatic amines is 1. The molecular weight excluding hydrogens is 357 g/mol. The molecule has 1 aliphatic carbocycles. The van der Waals surface area contributed by atoms with Gasteiger partial charge in [-0.3, -0.25) is 5.10 Å². The van der Waals surface area contributed by atoms with E-state index >= 15 is 0 Å². The number of aromatic nitrogens is 3. The predicted octanol–water partition coefficient (Wildman–Crippen LogP) is 5.23. The van der Waals surface area contributed by atoms with Crippen LogP contribution in [0.25, 0.3) is 16.8 Å². The van der Waals surface area contributed by atoms with Crippen LogP contribution in [0.15, 0.2) is 72.3 Å². The zero-order chi connectivity index (χ0) is 18.3. The number of fused-ring (bicyclic) bond motifs is 1. The lowest BCUT2D eigenvalue weighted by atomic mass is 9.68. The average molecular weight is 373 g/mol. The van der Waals surface area contributed by atoms with Crippen LogP contribution in [0.3, 0.4) is 0 Å². The minimum atomic E-state index is -0.441. The summed E-state index contributed by atoms with van der Waals surface area (Å²) in [5.74, 6) is -0.227. The number of thiazole rings is 1. The number of allylic oxidation sites excluding steroid dienone is 1. The Morgan fingerprint density at radius 2 is 1.89 bits per heavy atom. The number of benzene rings is 2. The molecule has 0 amide bonds. The monoisotopic (exact) mass is 373 g/mol. The first-order valence-electron chi connectivity index (χ1n) is 8.74. The normalized spacial score (nSPS) is 18.4. The van der Waals surface area contributed by atoms with Crippen LogP contribution >= 0.6 is 11.3 Å². The largest absolute Gasteiger partial charge is 0.281 e. The zero-order valence-electron chi connectivity index (χ0n) is 14.4. The number of nitrogens with zero attached hydrogens (tertiary/aromatic N) is 2. The van der Waals surface area contributed by atoms with Crippen molar-refractivity contribution >= 4 is 17.4 Å². The molecule has 132 valence electrons. The van der Waals surface area contributed by atoms with E-state index in [-0.39, 0.29) is 5.82 Å². The number of halogens is 1. The first kappa shape index (κ1) is 16.1. The Morgan fingerprint density at radius 1 is 1.04 bits per heavy atom. The zero-order valence-corrected chi connectivity index (χ0v) is 15.2. The maximum absolute atomic E-state index is 14.0. The van der Waals surface area contributed by atoms with Gasteiger partial charge in [0.05, 0.1) is 0 Å². The van der Waals surface area contributed by atoms with E-state index in [1.165, 1.54) is 6.07 Å². The van der Waals surface area contributed by atoms with E-state index in [0.29, 0.717) is 6.42 Å². The van der Waals surface area contributed by atoms with Gasteiger partial charge in [-0.25, -0.2) is 9.37 Å². The topological polar surface area (TPSA) is 41.6 Å². The molecule has 0 saturated carbocycles. The lowest BCUT2D eigenvalue weighted by Crippen LogP contribution is -2.30. The maximum Gasteiger partial charge on any atom is 0.144 e. The van der Waals surface area contributed by atoms with Crippen molar-refractivity contribution in [2.45, 2.75) is 11.8 Å². The van der Waals surface area contributed by atoms with Crippen molar-refractivity contribution in [1.29, 1.82) is 0 Å². The van der Waals surface area contributed by atoms with Gasteiger partial charge in [0.25, 0.3) is 0 Å². The van der Waals surface area contributed by atoms with E-state index in [4.69, 9.17) is 0 Å². The first-order valence-corrected chi connectivity index (χ1v) is 9.62.